The van der Waals surface area contributed by atoms with Crippen LogP contribution in [0.4, 0.5) is 5.69 Å². The van der Waals surface area contributed by atoms with Crippen LogP contribution in [-0.4, -0.2) is 47.8 Å². The van der Waals surface area contributed by atoms with E-state index in [-0.39, 0.29) is 6.29 Å². The number of fused-ring (bicyclic) bond motifs is 1. The van der Waals surface area contributed by atoms with Crippen LogP contribution in [0, 0.1) is 5.92 Å². The van der Waals surface area contributed by atoms with Crippen LogP contribution in [0.2, 0.25) is 0 Å². The van der Waals surface area contributed by atoms with E-state index in [1.54, 1.807) is 39.8 Å². The fourth-order valence-electron chi connectivity index (χ4n) is 4.97. The maximum absolute atomic E-state index is 6.55. The van der Waals surface area contributed by atoms with Crippen LogP contribution in [0.25, 0.3) is 20.5 Å². The summed E-state index contributed by atoms with van der Waals surface area (Å²) in [6, 6.07) is 22.6. The number of ether oxygens (including phenoxy) is 5. The van der Waals surface area contributed by atoms with Crippen LogP contribution in [0.15, 0.2) is 66.7 Å². The Morgan fingerprint density at radius 1 is 0.757 bits per heavy atom. The number of hydrogen-bond acceptors (Lipinski definition) is 7. The molecule has 0 bridgehead atoms. The highest BCUT2D eigenvalue weighted by Crippen LogP contribution is 2.47. The Morgan fingerprint density at radius 2 is 1.38 bits per heavy atom. The van der Waals surface area contributed by atoms with Crippen molar-refractivity contribution in [3.8, 4) is 33.4 Å². The summed E-state index contributed by atoms with van der Waals surface area (Å²) >= 11 is 1.70. The van der Waals surface area contributed by atoms with Crippen molar-refractivity contribution in [1.29, 1.82) is 0 Å². The number of benzene rings is 3. The molecule has 0 amide bonds. The van der Waals surface area contributed by atoms with Crippen LogP contribution in [0.1, 0.15) is 12.8 Å². The number of methoxy groups -OCH3 is 4. The predicted molar refractivity (Wildman–Crippen MR) is 150 cm³/mol. The first kappa shape index (κ1) is 25.4. The van der Waals surface area contributed by atoms with Crippen LogP contribution < -0.4 is 19.1 Å². The maximum atomic E-state index is 6.55. The van der Waals surface area contributed by atoms with Gasteiger partial charge in [0, 0.05) is 49.0 Å². The molecule has 37 heavy (non-hydrogen) atoms. The Hall–Kier alpha value is -3.26. The minimum absolute atomic E-state index is 0.127. The molecule has 0 atom stereocenters. The second-order valence-electron chi connectivity index (χ2n) is 9.11. The highest BCUT2D eigenvalue weighted by molar-refractivity contribution is 7.22. The van der Waals surface area contributed by atoms with E-state index in [0.717, 1.165) is 69.5 Å². The van der Waals surface area contributed by atoms with Crippen molar-refractivity contribution < 1.29 is 23.7 Å². The minimum atomic E-state index is -0.127. The highest BCUT2D eigenvalue weighted by atomic mass is 32.1. The number of hydrogen-bond donors (Lipinski definition) is 0. The van der Waals surface area contributed by atoms with Gasteiger partial charge in [-0.25, -0.2) is 0 Å². The molecule has 7 heteroatoms. The Balaban J connectivity index is 1.38. The number of piperidine rings is 1. The van der Waals surface area contributed by atoms with Gasteiger partial charge in [0.1, 0.15) is 17.2 Å². The molecule has 0 saturated carbocycles. The summed E-state index contributed by atoms with van der Waals surface area (Å²) in [7, 11) is 6.80. The zero-order chi connectivity index (χ0) is 25.8. The van der Waals surface area contributed by atoms with Crippen molar-refractivity contribution in [2.24, 2.45) is 5.92 Å². The van der Waals surface area contributed by atoms with E-state index in [1.165, 1.54) is 5.69 Å². The maximum Gasteiger partial charge on any atom is 0.159 e. The zero-order valence-corrected chi connectivity index (χ0v) is 22.5. The van der Waals surface area contributed by atoms with Crippen molar-refractivity contribution in [2.45, 2.75) is 19.1 Å². The molecule has 194 valence electrons. The standard InChI is InChI=1S/C30H33NO5S/c1-32-23-9-5-20(6-10-23)29-28(26-14-13-25(33-2)19-27(26)37-29)36-24-11-7-22(8-12-24)31-17-15-21(16-18-31)30(34-3)35-4/h5-14,19,21,30H,15-18H2,1-4H3. The summed E-state index contributed by atoms with van der Waals surface area (Å²) < 4.78 is 29.4. The van der Waals surface area contributed by atoms with Gasteiger partial charge < -0.3 is 28.6 Å². The predicted octanol–water partition coefficient (Wildman–Crippen LogP) is 7.21. The number of rotatable bonds is 9. The smallest absolute Gasteiger partial charge is 0.159 e. The molecule has 0 radical (unpaired) electrons. The lowest BCUT2D eigenvalue weighted by atomic mass is 9.95. The van der Waals surface area contributed by atoms with E-state index in [0.29, 0.717) is 5.92 Å². The van der Waals surface area contributed by atoms with E-state index >= 15 is 0 Å². The van der Waals surface area contributed by atoms with Gasteiger partial charge in [0.05, 0.1) is 19.1 Å². The normalized spacial score (nSPS) is 14.4. The first-order valence-corrected chi connectivity index (χ1v) is 13.3. The third-order valence-electron chi connectivity index (χ3n) is 7.01. The van der Waals surface area contributed by atoms with Gasteiger partial charge in [-0.1, -0.05) is 0 Å². The fourth-order valence-corrected chi connectivity index (χ4v) is 6.13. The molecule has 0 aliphatic carbocycles. The first-order chi connectivity index (χ1) is 18.1. The lowest BCUT2D eigenvalue weighted by Crippen LogP contribution is -2.39. The van der Waals surface area contributed by atoms with Gasteiger partial charge in [-0.3, -0.25) is 0 Å². The van der Waals surface area contributed by atoms with Gasteiger partial charge in [-0.05, 0) is 85.1 Å². The molecule has 5 rings (SSSR count). The summed E-state index contributed by atoms with van der Waals surface area (Å²) in [6.45, 7) is 1.96. The lowest BCUT2D eigenvalue weighted by molar-refractivity contribution is -0.141. The van der Waals surface area contributed by atoms with Crippen molar-refractivity contribution in [1.82, 2.24) is 0 Å². The molecule has 1 saturated heterocycles. The molecule has 3 aromatic carbocycles. The number of thiophene rings is 1. The average molecular weight is 520 g/mol. The van der Waals surface area contributed by atoms with Crippen molar-refractivity contribution in [2.75, 3.05) is 46.4 Å². The van der Waals surface area contributed by atoms with E-state index in [9.17, 15) is 0 Å². The third-order valence-corrected chi connectivity index (χ3v) is 8.20. The second-order valence-corrected chi connectivity index (χ2v) is 10.2. The van der Waals surface area contributed by atoms with Gasteiger partial charge in [0.15, 0.2) is 12.0 Å². The molecule has 1 fully saturated rings. The summed E-state index contributed by atoms with van der Waals surface area (Å²) in [5.74, 6) is 3.75. The Morgan fingerprint density at radius 3 is 2.00 bits per heavy atom. The summed E-state index contributed by atoms with van der Waals surface area (Å²) in [4.78, 5) is 3.49. The first-order valence-electron chi connectivity index (χ1n) is 12.5. The van der Waals surface area contributed by atoms with Crippen LogP contribution in [-0.2, 0) is 9.47 Å². The van der Waals surface area contributed by atoms with Crippen LogP contribution >= 0.6 is 11.3 Å². The summed E-state index contributed by atoms with van der Waals surface area (Å²) in [5.41, 5.74) is 2.29. The number of nitrogens with zero attached hydrogens (tertiary/aromatic N) is 1. The van der Waals surface area contributed by atoms with E-state index < -0.39 is 0 Å². The van der Waals surface area contributed by atoms with Crippen LogP contribution in [0.3, 0.4) is 0 Å². The van der Waals surface area contributed by atoms with Gasteiger partial charge >= 0.3 is 0 Å². The Labute approximate surface area is 222 Å². The molecular weight excluding hydrogens is 486 g/mol. The van der Waals surface area contributed by atoms with Crippen molar-refractivity contribution >= 4 is 27.1 Å². The fraction of sp³-hybridized carbons (Fsp3) is 0.333. The second kappa shape index (κ2) is 11.4. The van der Waals surface area contributed by atoms with Gasteiger partial charge in [0.2, 0.25) is 0 Å². The average Bonchev–Trinajstić information content (AvgIpc) is 3.31. The topological polar surface area (TPSA) is 49.4 Å². The largest absolute Gasteiger partial charge is 0.497 e. The molecule has 0 unspecified atom stereocenters. The van der Waals surface area contributed by atoms with Crippen molar-refractivity contribution in [3.63, 3.8) is 0 Å². The molecule has 1 aliphatic heterocycles. The van der Waals surface area contributed by atoms with Crippen molar-refractivity contribution in [3.05, 3.63) is 66.7 Å². The summed E-state index contributed by atoms with van der Waals surface area (Å²) in [5, 5.41) is 1.06. The van der Waals surface area contributed by atoms with Crippen LogP contribution in [0.5, 0.6) is 23.0 Å². The minimum Gasteiger partial charge on any atom is -0.497 e. The molecule has 0 N–H and O–H groups in total. The highest BCUT2D eigenvalue weighted by Gasteiger charge is 2.26. The zero-order valence-electron chi connectivity index (χ0n) is 21.7. The third kappa shape index (κ3) is 5.39. The molecule has 1 aromatic heterocycles. The summed E-state index contributed by atoms with van der Waals surface area (Å²) in [6.07, 6.45) is 1.96. The molecule has 2 heterocycles. The SMILES string of the molecule is COc1ccc(-c2sc3cc(OC)ccc3c2Oc2ccc(N3CCC(C(OC)OC)CC3)cc2)cc1. The Kier molecular flexibility index (Phi) is 7.84. The Bertz CT molecular complexity index is 1310. The molecule has 6 nitrogen and oxygen atoms in total. The van der Waals surface area contributed by atoms with E-state index in [1.807, 2.05) is 18.2 Å². The molecule has 4 aromatic rings. The monoisotopic (exact) mass is 519 g/mol. The number of anilines is 1. The molecular formula is C30H33NO5S. The molecule has 1 aliphatic rings. The van der Waals surface area contributed by atoms with Gasteiger partial charge in [-0.2, -0.15) is 0 Å². The van der Waals surface area contributed by atoms with E-state index in [2.05, 4.69) is 53.4 Å². The van der Waals surface area contributed by atoms with Gasteiger partial charge in [0.25, 0.3) is 0 Å². The lowest BCUT2D eigenvalue weighted by Gasteiger charge is -2.36. The van der Waals surface area contributed by atoms with Gasteiger partial charge in [-0.15, -0.1) is 11.3 Å². The quantitative estimate of drug-likeness (QED) is 0.218. The van der Waals surface area contributed by atoms with E-state index in [4.69, 9.17) is 23.7 Å². The molecule has 0 spiro atoms.